The zero-order valence-electron chi connectivity index (χ0n) is 23.7. The monoisotopic (exact) mass is 641 g/mol. The molecule has 0 fully saturated rings. The lowest BCUT2D eigenvalue weighted by Gasteiger charge is -2.33. The number of anilines is 1. The number of hydrogen-bond acceptors (Lipinski definition) is 4. The van der Waals surface area contributed by atoms with Crippen molar-refractivity contribution in [2.75, 3.05) is 23.7 Å². The highest BCUT2D eigenvalue weighted by molar-refractivity contribution is 7.92. The van der Waals surface area contributed by atoms with Gasteiger partial charge in [-0.05, 0) is 47.4 Å². The Balaban J connectivity index is 2.09. The molecule has 0 saturated carbocycles. The SMILES string of the molecule is CC(C)CNC(=O)C(Cc1ccccc1)N(Cc1ccc(F)cc1)C(=O)CN(c1ccc(Cl)c(C(F)(F)F)c1)S(C)(=O)=O. The smallest absolute Gasteiger partial charge is 0.354 e. The number of carbonyl (C=O) groups excluding carboxylic acids is 2. The summed E-state index contributed by atoms with van der Waals surface area (Å²) in [6, 6.07) is 15.4. The summed E-state index contributed by atoms with van der Waals surface area (Å²) in [4.78, 5) is 28.7. The first-order valence-electron chi connectivity index (χ1n) is 13.3. The molecule has 0 spiro atoms. The topological polar surface area (TPSA) is 86.8 Å². The number of alkyl halides is 3. The lowest BCUT2D eigenvalue weighted by molar-refractivity contribution is -0.140. The number of carbonyl (C=O) groups is 2. The normalized spacial score (nSPS) is 12.6. The maximum absolute atomic E-state index is 14.0. The Hall–Kier alpha value is -3.64. The third kappa shape index (κ3) is 9.69. The van der Waals surface area contributed by atoms with E-state index in [4.69, 9.17) is 11.6 Å². The molecule has 1 unspecified atom stereocenters. The minimum atomic E-state index is -4.88. The maximum Gasteiger partial charge on any atom is 0.417 e. The van der Waals surface area contributed by atoms with Crippen LogP contribution in [0.15, 0.2) is 72.8 Å². The molecular formula is C30H32ClF4N3O4S. The van der Waals surface area contributed by atoms with Crippen molar-refractivity contribution in [3.8, 4) is 0 Å². The van der Waals surface area contributed by atoms with Crippen LogP contribution in [-0.4, -0.2) is 50.5 Å². The fourth-order valence-corrected chi connectivity index (χ4v) is 5.33. The van der Waals surface area contributed by atoms with Gasteiger partial charge in [0.25, 0.3) is 0 Å². The molecule has 1 N–H and O–H groups in total. The molecule has 0 aromatic heterocycles. The van der Waals surface area contributed by atoms with Crippen LogP contribution in [0.3, 0.4) is 0 Å². The summed E-state index contributed by atoms with van der Waals surface area (Å²) in [5.74, 6) is -1.82. The fourth-order valence-electron chi connectivity index (χ4n) is 4.26. The van der Waals surface area contributed by atoms with Gasteiger partial charge in [0.1, 0.15) is 18.4 Å². The number of rotatable bonds is 12. The zero-order chi connectivity index (χ0) is 31.9. The van der Waals surface area contributed by atoms with E-state index in [-0.39, 0.29) is 18.9 Å². The average molecular weight is 642 g/mol. The highest BCUT2D eigenvalue weighted by Gasteiger charge is 2.36. The van der Waals surface area contributed by atoms with Gasteiger partial charge in [-0.1, -0.05) is 67.9 Å². The van der Waals surface area contributed by atoms with Gasteiger partial charge in [0.2, 0.25) is 21.8 Å². The Bertz CT molecular complexity index is 1520. The summed E-state index contributed by atoms with van der Waals surface area (Å²) in [6.07, 6.45) is -4.08. The summed E-state index contributed by atoms with van der Waals surface area (Å²) in [5.41, 5.74) is -0.554. The van der Waals surface area contributed by atoms with Gasteiger partial charge in [-0.15, -0.1) is 0 Å². The molecule has 1 atom stereocenters. The molecule has 0 radical (unpaired) electrons. The van der Waals surface area contributed by atoms with E-state index in [0.717, 1.165) is 23.3 Å². The highest BCUT2D eigenvalue weighted by Crippen LogP contribution is 2.37. The third-order valence-corrected chi connectivity index (χ3v) is 7.91. The first-order valence-corrected chi connectivity index (χ1v) is 15.5. The number of benzene rings is 3. The molecule has 0 aliphatic rings. The van der Waals surface area contributed by atoms with Gasteiger partial charge in [0, 0.05) is 19.5 Å². The van der Waals surface area contributed by atoms with Crippen LogP contribution in [0.5, 0.6) is 0 Å². The van der Waals surface area contributed by atoms with E-state index in [1.807, 2.05) is 13.8 Å². The molecule has 232 valence electrons. The van der Waals surface area contributed by atoms with Gasteiger partial charge < -0.3 is 10.2 Å². The molecule has 3 aromatic carbocycles. The van der Waals surface area contributed by atoms with Crippen molar-refractivity contribution in [3.63, 3.8) is 0 Å². The van der Waals surface area contributed by atoms with Crippen molar-refractivity contribution in [3.05, 3.63) is 100 Å². The second-order valence-electron chi connectivity index (χ2n) is 10.4. The molecule has 0 aliphatic carbocycles. The van der Waals surface area contributed by atoms with Crippen LogP contribution in [0, 0.1) is 11.7 Å². The van der Waals surface area contributed by atoms with Crippen molar-refractivity contribution < 1.29 is 35.6 Å². The fraction of sp³-hybridized carbons (Fsp3) is 0.333. The first kappa shape index (κ1) is 33.9. The van der Waals surface area contributed by atoms with Crippen molar-refractivity contribution in [2.24, 2.45) is 5.92 Å². The summed E-state index contributed by atoms with van der Waals surface area (Å²) in [5, 5.41) is 2.17. The standard InChI is InChI=1S/C30H32ClF4N3O4S/c1-20(2)17-36-29(40)27(15-21-7-5-4-6-8-21)37(18-22-9-11-23(32)12-10-22)28(39)19-38(43(3,41)42)24-13-14-26(31)25(16-24)30(33,34)35/h4-14,16,20,27H,15,17-19H2,1-3H3,(H,36,40). The van der Waals surface area contributed by atoms with Crippen molar-refractivity contribution in [2.45, 2.75) is 39.0 Å². The van der Waals surface area contributed by atoms with Crippen LogP contribution in [0.25, 0.3) is 0 Å². The van der Waals surface area contributed by atoms with Crippen LogP contribution in [-0.2, 0) is 38.8 Å². The van der Waals surface area contributed by atoms with E-state index in [1.165, 1.54) is 24.3 Å². The zero-order valence-corrected chi connectivity index (χ0v) is 25.3. The minimum Gasteiger partial charge on any atom is -0.354 e. The number of nitrogens with zero attached hydrogens (tertiary/aromatic N) is 2. The average Bonchev–Trinajstić information content (AvgIpc) is 2.93. The van der Waals surface area contributed by atoms with Gasteiger partial charge in [-0.2, -0.15) is 13.2 Å². The van der Waals surface area contributed by atoms with Gasteiger partial charge in [0.05, 0.1) is 22.5 Å². The molecular weight excluding hydrogens is 610 g/mol. The van der Waals surface area contributed by atoms with Crippen molar-refractivity contribution >= 4 is 39.1 Å². The second-order valence-corrected chi connectivity index (χ2v) is 12.7. The molecule has 43 heavy (non-hydrogen) atoms. The predicted octanol–water partition coefficient (Wildman–Crippen LogP) is 5.68. The van der Waals surface area contributed by atoms with E-state index >= 15 is 0 Å². The van der Waals surface area contributed by atoms with Crippen molar-refractivity contribution in [1.29, 1.82) is 0 Å². The van der Waals surface area contributed by atoms with Gasteiger partial charge in [0.15, 0.2) is 0 Å². The molecule has 0 heterocycles. The number of amides is 2. The number of sulfonamides is 1. The molecule has 7 nitrogen and oxygen atoms in total. The molecule has 13 heteroatoms. The maximum atomic E-state index is 14.0. The molecule has 0 saturated heterocycles. The van der Waals surface area contributed by atoms with Crippen LogP contribution in [0.4, 0.5) is 23.2 Å². The van der Waals surface area contributed by atoms with Crippen LogP contribution in [0.2, 0.25) is 5.02 Å². The van der Waals surface area contributed by atoms with E-state index in [0.29, 0.717) is 28.0 Å². The molecule has 3 aromatic rings. The lowest BCUT2D eigenvalue weighted by Crippen LogP contribution is -2.53. The Kier molecular flexibility index (Phi) is 11.2. The lowest BCUT2D eigenvalue weighted by atomic mass is 10.0. The van der Waals surface area contributed by atoms with E-state index in [2.05, 4.69) is 5.32 Å². The first-order chi connectivity index (χ1) is 20.1. The third-order valence-electron chi connectivity index (χ3n) is 6.44. The summed E-state index contributed by atoms with van der Waals surface area (Å²) < 4.78 is 80.6. The minimum absolute atomic E-state index is 0.0513. The van der Waals surface area contributed by atoms with Gasteiger partial charge in [-0.25, -0.2) is 12.8 Å². The Labute approximate surface area is 253 Å². The quantitative estimate of drug-likeness (QED) is 0.258. The van der Waals surface area contributed by atoms with E-state index in [1.54, 1.807) is 30.3 Å². The molecule has 0 bridgehead atoms. The largest absolute Gasteiger partial charge is 0.417 e. The van der Waals surface area contributed by atoms with Gasteiger partial charge in [-0.3, -0.25) is 13.9 Å². The number of nitrogens with one attached hydrogen (secondary N) is 1. The summed E-state index contributed by atoms with van der Waals surface area (Å²) in [7, 11) is -4.30. The highest BCUT2D eigenvalue weighted by atomic mass is 35.5. The Morgan fingerprint density at radius 2 is 1.58 bits per heavy atom. The summed E-state index contributed by atoms with van der Waals surface area (Å²) >= 11 is 5.73. The van der Waals surface area contributed by atoms with E-state index in [9.17, 15) is 35.6 Å². The second kappa shape index (κ2) is 14.2. The van der Waals surface area contributed by atoms with Crippen LogP contribution < -0.4 is 9.62 Å². The number of hydrogen-bond donors (Lipinski definition) is 1. The number of halogens is 5. The van der Waals surface area contributed by atoms with Crippen LogP contribution in [0.1, 0.15) is 30.5 Å². The van der Waals surface area contributed by atoms with Gasteiger partial charge >= 0.3 is 6.18 Å². The Morgan fingerprint density at radius 1 is 0.953 bits per heavy atom. The predicted molar refractivity (Wildman–Crippen MR) is 157 cm³/mol. The summed E-state index contributed by atoms with van der Waals surface area (Å²) in [6.45, 7) is 2.95. The van der Waals surface area contributed by atoms with Crippen LogP contribution >= 0.6 is 11.6 Å². The molecule has 3 rings (SSSR count). The van der Waals surface area contributed by atoms with E-state index < -0.39 is 62.7 Å². The molecule has 2 amide bonds. The molecule has 0 aliphatic heterocycles. The van der Waals surface area contributed by atoms with Crippen molar-refractivity contribution in [1.82, 2.24) is 10.2 Å². The Morgan fingerprint density at radius 3 is 2.14 bits per heavy atom.